The van der Waals surface area contributed by atoms with Gasteiger partial charge in [0.25, 0.3) is 0 Å². The number of phenolic OH excluding ortho intramolecular Hbond substituents is 2. The Hall–Kier alpha value is -3.25. The van der Waals surface area contributed by atoms with E-state index < -0.39 is 0 Å². The lowest BCUT2D eigenvalue weighted by atomic mass is 9.76. The van der Waals surface area contributed by atoms with E-state index in [1.54, 1.807) is 29.6 Å². The van der Waals surface area contributed by atoms with Crippen molar-refractivity contribution in [3.63, 3.8) is 0 Å². The highest BCUT2D eigenvalue weighted by Crippen LogP contribution is 2.47. The molecule has 0 aromatic heterocycles. The first kappa shape index (κ1) is 22.0. The summed E-state index contributed by atoms with van der Waals surface area (Å²) in [6, 6.07) is 20.6. The second-order valence-electron chi connectivity index (χ2n) is 7.89. The number of aromatic hydroxyl groups is 2. The molecule has 0 aliphatic carbocycles. The van der Waals surface area contributed by atoms with Crippen LogP contribution >= 0.6 is 0 Å². The summed E-state index contributed by atoms with van der Waals surface area (Å²) in [5, 5.41) is 21.3. The first-order valence-electron chi connectivity index (χ1n) is 10.7. The topological polar surface area (TPSA) is 76.0 Å². The maximum Gasteiger partial charge on any atom is 0.126 e. The molecule has 0 bridgehead atoms. The summed E-state index contributed by atoms with van der Waals surface area (Å²) < 4.78 is 22.4. The molecule has 0 saturated heterocycles. The summed E-state index contributed by atoms with van der Waals surface area (Å²) >= 11 is 0.513. The quantitative estimate of drug-likeness (QED) is 0.374. The Balaban J connectivity index is 1.62. The van der Waals surface area contributed by atoms with Crippen LogP contribution in [0.3, 0.4) is 0 Å². The zero-order valence-corrected chi connectivity index (χ0v) is 18.5. The number of fused-ring (bicyclic) bond motifs is 1. The summed E-state index contributed by atoms with van der Waals surface area (Å²) in [5.41, 5.74) is 3.19. The molecule has 0 saturated carbocycles. The van der Waals surface area contributed by atoms with Crippen LogP contribution in [0.5, 0.6) is 23.0 Å². The molecule has 0 spiro atoms. The van der Waals surface area contributed by atoms with Gasteiger partial charge in [-0.3, -0.25) is 0 Å². The molecule has 2 unspecified atom stereocenters. The van der Waals surface area contributed by atoms with Crippen molar-refractivity contribution in [1.82, 2.24) is 0 Å². The van der Waals surface area contributed by atoms with Gasteiger partial charge in [-0.15, -0.1) is 0 Å². The van der Waals surface area contributed by atoms with Gasteiger partial charge in [0.2, 0.25) is 0 Å². The van der Waals surface area contributed by atoms with E-state index in [4.69, 9.17) is 9.47 Å². The lowest BCUT2D eigenvalue weighted by Gasteiger charge is -2.34. The summed E-state index contributed by atoms with van der Waals surface area (Å²) in [6.45, 7) is 1.06. The Morgan fingerprint density at radius 2 is 1.78 bits per heavy atom. The summed E-state index contributed by atoms with van der Waals surface area (Å²) in [4.78, 5) is 0. The van der Waals surface area contributed by atoms with E-state index in [2.05, 4.69) is 12.1 Å². The average Bonchev–Trinajstić information content (AvgIpc) is 2.81. The van der Waals surface area contributed by atoms with E-state index >= 15 is 0 Å². The third-order valence-electron chi connectivity index (χ3n) is 5.74. The molecule has 0 fully saturated rings. The first-order chi connectivity index (χ1) is 15.7. The van der Waals surface area contributed by atoms with Crippen LogP contribution in [0.25, 0.3) is 0 Å². The van der Waals surface area contributed by atoms with Crippen molar-refractivity contribution in [2.75, 3.05) is 13.2 Å². The Kier molecular flexibility index (Phi) is 7.12. The average molecular weight is 451 g/mol. The van der Waals surface area contributed by atoms with Crippen molar-refractivity contribution in [2.45, 2.75) is 31.1 Å². The maximum absolute atomic E-state index is 10.4. The number of hydrogen-bond acceptors (Lipinski definition) is 5. The third-order valence-corrected chi connectivity index (χ3v) is 6.12. The molecule has 32 heavy (non-hydrogen) atoms. The molecule has 2 N–H and O–H groups in total. The molecule has 5 nitrogen and oxygen atoms in total. The monoisotopic (exact) mass is 450 g/mol. The molecule has 3 aromatic rings. The second-order valence-corrected chi connectivity index (χ2v) is 8.41. The molecule has 0 radical (unpaired) electrons. The van der Waals surface area contributed by atoms with E-state index in [9.17, 15) is 14.4 Å². The van der Waals surface area contributed by atoms with E-state index in [1.807, 2.05) is 30.3 Å². The van der Waals surface area contributed by atoms with Crippen molar-refractivity contribution in [3.05, 3.63) is 83.4 Å². The van der Waals surface area contributed by atoms with Crippen LogP contribution in [0.1, 0.15) is 47.8 Å². The molecule has 166 valence electrons. The van der Waals surface area contributed by atoms with Gasteiger partial charge in [-0.1, -0.05) is 30.3 Å². The number of unbranched alkanes of at least 4 members (excludes halogenated alkanes) is 2. The second kappa shape index (κ2) is 10.4. The zero-order valence-electron chi connectivity index (χ0n) is 17.6. The van der Waals surface area contributed by atoms with Crippen LogP contribution in [-0.2, 0) is 11.3 Å². The first-order valence-corrected chi connectivity index (χ1v) is 11.5. The van der Waals surface area contributed by atoms with Crippen molar-refractivity contribution >= 4 is 16.6 Å². The number of rotatable bonds is 8. The van der Waals surface area contributed by atoms with Crippen LogP contribution in [0.4, 0.5) is 0 Å². The highest BCUT2D eigenvalue weighted by Gasteiger charge is 2.33. The van der Waals surface area contributed by atoms with E-state index in [-0.39, 0.29) is 23.3 Å². The van der Waals surface area contributed by atoms with Gasteiger partial charge in [0.1, 0.15) is 23.0 Å². The summed E-state index contributed by atoms with van der Waals surface area (Å²) in [5.74, 6) is 1.95. The minimum atomic E-state index is 0.0103. The Morgan fingerprint density at radius 1 is 0.969 bits per heavy atom. The molecular weight excluding hydrogens is 424 g/mol. The van der Waals surface area contributed by atoms with Crippen molar-refractivity contribution < 1.29 is 23.9 Å². The zero-order chi connectivity index (χ0) is 22.3. The predicted molar refractivity (Wildman–Crippen MR) is 126 cm³/mol. The Labute approximate surface area is 191 Å². The van der Waals surface area contributed by atoms with Crippen molar-refractivity contribution in [2.24, 2.45) is 0 Å². The van der Waals surface area contributed by atoms with Crippen LogP contribution < -0.4 is 9.47 Å². The Bertz CT molecular complexity index is 1110. The lowest BCUT2D eigenvalue weighted by Crippen LogP contribution is -2.25. The van der Waals surface area contributed by atoms with Crippen molar-refractivity contribution in [1.29, 1.82) is 0 Å². The van der Waals surface area contributed by atoms with Gasteiger partial charge in [0.05, 0.1) is 24.5 Å². The van der Waals surface area contributed by atoms with Gasteiger partial charge in [0.15, 0.2) is 0 Å². The molecule has 0 amide bonds. The Morgan fingerprint density at radius 3 is 2.59 bits per heavy atom. The minimum absolute atomic E-state index is 0.0103. The van der Waals surface area contributed by atoms with E-state index in [1.165, 1.54) is 0 Å². The molecule has 1 aliphatic rings. The molecule has 3 aromatic carbocycles. The number of ether oxygens (including phenoxy) is 2. The SMILES string of the molecule is O=S=CCCCCOc1cccc(C2c3ccc(O)cc3OCC2c2ccc(O)cc2)c1. The lowest BCUT2D eigenvalue weighted by molar-refractivity contribution is 0.247. The molecule has 2 atom stereocenters. The molecule has 1 heterocycles. The van der Waals surface area contributed by atoms with E-state index in [0.717, 1.165) is 41.7 Å². The van der Waals surface area contributed by atoms with E-state index in [0.29, 0.717) is 30.2 Å². The van der Waals surface area contributed by atoms with Gasteiger partial charge in [-0.05, 0) is 60.7 Å². The largest absolute Gasteiger partial charge is 0.508 e. The minimum Gasteiger partial charge on any atom is -0.508 e. The number of hydrogen-bond donors (Lipinski definition) is 2. The fourth-order valence-electron chi connectivity index (χ4n) is 4.19. The van der Waals surface area contributed by atoms with Crippen LogP contribution in [0.15, 0.2) is 66.7 Å². The van der Waals surface area contributed by atoms with Gasteiger partial charge < -0.3 is 19.7 Å². The van der Waals surface area contributed by atoms with Crippen molar-refractivity contribution in [3.8, 4) is 23.0 Å². The number of benzene rings is 3. The highest BCUT2D eigenvalue weighted by atomic mass is 32.1. The van der Waals surface area contributed by atoms with Crippen LogP contribution in [0, 0.1) is 0 Å². The number of phenols is 2. The maximum atomic E-state index is 10.4. The fraction of sp³-hybridized carbons (Fsp3) is 0.269. The van der Waals surface area contributed by atoms with Gasteiger partial charge in [0, 0.05) is 28.8 Å². The molecule has 6 heteroatoms. The standard InChI is InChI=1S/C26H26O5S/c27-20-9-7-18(8-10-20)24-17-31-25-16-21(28)11-12-23(25)26(24)19-5-4-6-22(15-19)30-13-2-1-3-14-32-29/h4-12,14-16,24,26-28H,1-3,13,17H2. The molecule has 1 aliphatic heterocycles. The highest BCUT2D eigenvalue weighted by molar-refractivity contribution is 7.64. The summed E-state index contributed by atoms with van der Waals surface area (Å²) in [7, 11) is 0. The van der Waals surface area contributed by atoms with Gasteiger partial charge in [-0.25, -0.2) is 4.21 Å². The summed E-state index contributed by atoms with van der Waals surface area (Å²) in [6.07, 6.45) is 2.60. The van der Waals surface area contributed by atoms with Gasteiger partial charge >= 0.3 is 0 Å². The third kappa shape index (κ3) is 5.14. The van der Waals surface area contributed by atoms with Crippen LogP contribution in [-0.4, -0.2) is 33.0 Å². The fourth-order valence-corrected chi connectivity index (χ4v) is 4.45. The normalized spacial score (nSPS) is 17.1. The van der Waals surface area contributed by atoms with Gasteiger partial charge in [-0.2, -0.15) is 0 Å². The molecule has 4 rings (SSSR count). The smallest absolute Gasteiger partial charge is 0.126 e. The predicted octanol–water partition coefficient (Wildman–Crippen LogP) is 4.97. The van der Waals surface area contributed by atoms with Crippen LogP contribution in [0.2, 0.25) is 0 Å². The molecular formula is C26H26O5S.